The Bertz CT molecular complexity index is 390. The first-order chi connectivity index (χ1) is 8.76. The van der Waals surface area contributed by atoms with Crippen LogP contribution in [0.2, 0.25) is 0 Å². The molecular formula is C15H21Br2N. The molecule has 1 fully saturated rings. The van der Waals surface area contributed by atoms with Gasteiger partial charge in [-0.2, -0.15) is 0 Å². The summed E-state index contributed by atoms with van der Waals surface area (Å²) in [5.41, 5.74) is 2.70. The molecule has 1 aliphatic rings. The maximum absolute atomic E-state index is 3.68. The van der Waals surface area contributed by atoms with Crippen LogP contribution < -0.4 is 4.90 Å². The molecule has 0 aliphatic carbocycles. The molecule has 1 heterocycles. The quantitative estimate of drug-likeness (QED) is 0.628. The number of rotatable bonds is 4. The van der Waals surface area contributed by atoms with Crippen LogP contribution in [0.15, 0.2) is 22.7 Å². The molecule has 1 nitrogen and oxygen atoms in total. The molecule has 1 aromatic rings. The van der Waals surface area contributed by atoms with Crippen LogP contribution in [0.25, 0.3) is 0 Å². The predicted molar refractivity (Wildman–Crippen MR) is 86.7 cm³/mol. The van der Waals surface area contributed by atoms with Gasteiger partial charge in [0.05, 0.1) is 0 Å². The minimum Gasteiger partial charge on any atom is -0.369 e. The molecule has 0 N–H and O–H groups in total. The number of halogens is 2. The Balaban J connectivity index is 2.19. The number of piperidine rings is 1. The Labute approximate surface area is 127 Å². The first-order valence-electron chi connectivity index (χ1n) is 6.87. The van der Waals surface area contributed by atoms with Crippen LogP contribution >= 0.6 is 31.9 Å². The molecule has 0 radical (unpaired) electrons. The maximum Gasteiger partial charge on any atom is 0.0380 e. The van der Waals surface area contributed by atoms with Crippen molar-refractivity contribution in [2.45, 2.75) is 50.4 Å². The summed E-state index contributed by atoms with van der Waals surface area (Å²) in [6.07, 6.45) is 6.67. The molecular weight excluding hydrogens is 354 g/mol. The fourth-order valence-electron chi connectivity index (χ4n) is 2.80. The van der Waals surface area contributed by atoms with E-state index in [1.165, 1.54) is 54.4 Å². The highest BCUT2D eigenvalue weighted by atomic mass is 79.9. The van der Waals surface area contributed by atoms with Gasteiger partial charge >= 0.3 is 0 Å². The zero-order valence-corrected chi connectivity index (χ0v) is 14.1. The van der Waals surface area contributed by atoms with Gasteiger partial charge in [-0.25, -0.2) is 0 Å². The van der Waals surface area contributed by atoms with Crippen molar-refractivity contribution >= 4 is 37.5 Å². The molecule has 2 rings (SSSR count). The molecule has 0 spiro atoms. The molecule has 18 heavy (non-hydrogen) atoms. The lowest BCUT2D eigenvalue weighted by atomic mass is 9.97. The van der Waals surface area contributed by atoms with Crippen molar-refractivity contribution in [3.8, 4) is 0 Å². The van der Waals surface area contributed by atoms with Gasteiger partial charge < -0.3 is 4.90 Å². The average molecular weight is 375 g/mol. The molecule has 100 valence electrons. The molecule has 0 bridgehead atoms. The predicted octanol–water partition coefficient (Wildman–Crippen LogP) is 5.50. The van der Waals surface area contributed by atoms with Crippen LogP contribution in [0.5, 0.6) is 0 Å². The summed E-state index contributed by atoms with van der Waals surface area (Å²) >= 11 is 7.20. The lowest BCUT2D eigenvalue weighted by molar-refractivity contribution is 0.435. The number of nitrogens with zero attached hydrogens (tertiary/aromatic N) is 1. The Morgan fingerprint density at radius 1 is 1.33 bits per heavy atom. The van der Waals surface area contributed by atoms with Gasteiger partial charge in [-0.15, -0.1) is 0 Å². The van der Waals surface area contributed by atoms with Crippen molar-refractivity contribution in [2.24, 2.45) is 0 Å². The SMILES string of the molecule is CCCC1CCCCN1c1ccc(CBr)c(Br)c1. The zero-order chi connectivity index (χ0) is 13.0. The molecule has 3 heteroatoms. The van der Waals surface area contributed by atoms with Crippen molar-refractivity contribution in [3.63, 3.8) is 0 Å². The first kappa shape index (κ1) is 14.4. The van der Waals surface area contributed by atoms with Crippen LogP contribution in [0.4, 0.5) is 5.69 Å². The number of benzene rings is 1. The van der Waals surface area contributed by atoms with Crippen molar-refractivity contribution in [1.82, 2.24) is 0 Å². The highest BCUT2D eigenvalue weighted by Gasteiger charge is 2.22. The van der Waals surface area contributed by atoms with E-state index in [4.69, 9.17) is 0 Å². The number of alkyl halides is 1. The summed E-state index contributed by atoms with van der Waals surface area (Å²) in [4.78, 5) is 2.61. The maximum atomic E-state index is 3.68. The number of anilines is 1. The summed E-state index contributed by atoms with van der Waals surface area (Å²) in [6.45, 7) is 3.50. The van der Waals surface area contributed by atoms with Gasteiger partial charge in [-0.3, -0.25) is 0 Å². The summed E-state index contributed by atoms with van der Waals surface area (Å²) in [5.74, 6) is 0. The lowest BCUT2D eigenvalue weighted by Gasteiger charge is -2.38. The summed E-state index contributed by atoms with van der Waals surface area (Å²) < 4.78 is 1.22. The monoisotopic (exact) mass is 373 g/mol. The van der Waals surface area contributed by atoms with E-state index >= 15 is 0 Å². The van der Waals surface area contributed by atoms with E-state index in [-0.39, 0.29) is 0 Å². The number of hydrogen-bond acceptors (Lipinski definition) is 1. The van der Waals surface area contributed by atoms with E-state index in [9.17, 15) is 0 Å². The highest BCUT2D eigenvalue weighted by molar-refractivity contribution is 9.10. The van der Waals surface area contributed by atoms with Gasteiger partial charge in [0, 0.05) is 28.1 Å². The largest absolute Gasteiger partial charge is 0.369 e. The van der Waals surface area contributed by atoms with E-state index in [1.807, 2.05) is 0 Å². The highest BCUT2D eigenvalue weighted by Crippen LogP contribution is 2.31. The van der Waals surface area contributed by atoms with Crippen molar-refractivity contribution < 1.29 is 0 Å². The molecule has 1 atom stereocenters. The Morgan fingerprint density at radius 2 is 2.17 bits per heavy atom. The summed E-state index contributed by atoms with van der Waals surface area (Å²) in [5, 5.41) is 0.909. The molecule has 1 aliphatic heterocycles. The molecule has 1 unspecified atom stereocenters. The first-order valence-corrected chi connectivity index (χ1v) is 8.78. The molecule has 1 aromatic carbocycles. The van der Waals surface area contributed by atoms with Crippen molar-refractivity contribution in [1.29, 1.82) is 0 Å². The van der Waals surface area contributed by atoms with Gasteiger partial charge in [0.1, 0.15) is 0 Å². The Hall–Kier alpha value is -0.0200. The van der Waals surface area contributed by atoms with E-state index < -0.39 is 0 Å². The second-order valence-electron chi connectivity index (χ2n) is 5.04. The third-order valence-corrected chi connectivity index (χ3v) is 5.10. The van der Waals surface area contributed by atoms with Crippen molar-refractivity contribution in [2.75, 3.05) is 11.4 Å². The smallest absolute Gasteiger partial charge is 0.0380 e. The van der Waals surface area contributed by atoms with E-state index in [1.54, 1.807) is 0 Å². The molecule has 0 saturated carbocycles. The van der Waals surface area contributed by atoms with Gasteiger partial charge in [0.25, 0.3) is 0 Å². The van der Waals surface area contributed by atoms with Crippen LogP contribution in [0, 0.1) is 0 Å². The normalized spacial score (nSPS) is 20.2. The third kappa shape index (κ3) is 3.30. The standard InChI is InChI=1S/C15H21Br2N/c1-2-5-13-6-3-4-9-18(13)14-8-7-12(11-16)15(17)10-14/h7-8,10,13H,2-6,9,11H2,1H3. The van der Waals surface area contributed by atoms with Gasteiger partial charge in [0.15, 0.2) is 0 Å². The van der Waals surface area contributed by atoms with Gasteiger partial charge in [-0.1, -0.05) is 51.3 Å². The fraction of sp³-hybridized carbons (Fsp3) is 0.600. The minimum absolute atomic E-state index is 0.741. The Kier molecular flexibility index (Phi) is 5.56. The molecule has 0 amide bonds. The van der Waals surface area contributed by atoms with Crippen molar-refractivity contribution in [3.05, 3.63) is 28.2 Å². The van der Waals surface area contributed by atoms with E-state index in [0.717, 1.165) is 11.4 Å². The van der Waals surface area contributed by atoms with Crippen LogP contribution in [-0.2, 0) is 5.33 Å². The minimum atomic E-state index is 0.741. The molecule has 0 aromatic heterocycles. The number of hydrogen-bond donors (Lipinski definition) is 0. The molecule has 1 saturated heterocycles. The summed E-state index contributed by atoms with van der Waals surface area (Å²) in [6, 6.07) is 7.52. The van der Waals surface area contributed by atoms with E-state index in [0.29, 0.717) is 0 Å². The Morgan fingerprint density at radius 3 is 2.83 bits per heavy atom. The van der Waals surface area contributed by atoms with Crippen LogP contribution in [-0.4, -0.2) is 12.6 Å². The second-order valence-corrected chi connectivity index (χ2v) is 6.46. The summed E-state index contributed by atoms with van der Waals surface area (Å²) in [7, 11) is 0. The average Bonchev–Trinajstić information content (AvgIpc) is 2.40. The fourth-order valence-corrected chi connectivity index (χ4v) is 4.17. The third-order valence-electron chi connectivity index (χ3n) is 3.76. The van der Waals surface area contributed by atoms with E-state index in [2.05, 4.69) is 61.9 Å². The topological polar surface area (TPSA) is 3.24 Å². The van der Waals surface area contributed by atoms with Crippen LogP contribution in [0.1, 0.15) is 44.6 Å². The lowest BCUT2D eigenvalue weighted by Crippen LogP contribution is -2.39. The van der Waals surface area contributed by atoms with Gasteiger partial charge in [0.2, 0.25) is 0 Å². The second kappa shape index (κ2) is 6.95. The van der Waals surface area contributed by atoms with Crippen LogP contribution in [0.3, 0.4) is 0 Å². The zero-order valence-electron chi connectivity index (χ0n) is 11.0. The van der Waals surface area contributed by atoms with Gasteiger partial charge in [-0.05, 0) is 43.4 Å².